The molecule has 2 N–H and O–H groups in total. The first-order chi connectivity index (χ1) is 8.66. The number of nitrogens with zero attached hydrogens (tertiary/aromatic N) is 1. The molecule has 4 nitrogen and oxygen atoms in total. The number of aliphatic hydroxyl groups is 1. The fraction of sp³-hybridized carbons (Fsp3) is 0.929. The number of piperidine rings is 1. The van der Waals surface area contributed by atoms with Crippen LogP contribution in [0.2, 0.25) is 0 Å². The molecular weight excluding hydrogens is 228 g/mol. The lowest BCUT2D eigenvalue weighted by Gasteiger charge is -2.41. The van der Waals surface area contributed by atoms with Crippen molar-refractivity contribution in [3.8, 4) is 0 Å². The number of hydrogen-bond donors (Lipinski definition) is 2. The third kappa shape index (κ3) is 3.69. The predicted octanol–water partition coefficient (Wildman–Crippen LogP) is 1.14. The van der Waals surface area contributed by atoms with E-state index in [1.807, 2.05) is 0 Å². The number of rotatable bonds is 3. The van der Waals surface area contributed by atoms with Crippen molar-refractivity contribution < 1.29 is 9.90 Å². The van der Waals surface area contributed by atoms with Crippen LogP contribution < -0.4 is 5.32 Å². The van der Waals surface area contributed by atoms with Crippen molar-refractivity contribution in [1.29, 1.82) is 0 Å². The fourth-order valence-corrected chi connectivity index (χ4v) is 3.29. The summed E-state index contributed by atoms with van der Waals surface area (Å²) in [4.78, 5) is 13.4. The zero-order chi connectivity index (χ0) is 13.0. The summed E-state index contributed by atoms with van der Waals surface area (Å²) in [7, 11) is 0. The maximum Gasteiger partial charge on any atom is 0.216 e. The molecule has 104 valence electrons. The lowest BCUT2D eigenvalue weighted by molar-refractivity contribution is -0.119. The molecule has 2 atom stereocenters. The molecule has 0 aromatic heterocycles. The highest BCUT2D eigenvalue weighted by Gasteiger charge is 2.31. The molecule has 0 bridgehead atoms. The molecule has 1 amide bonds. The maximum atomic E-state index is 10.9. The predicted molar refractivity (Wildman–Crippen MR) is 71.2 cm³/mol. The minimum Gasteiger partial charge on any atom is -0.391 e. The number of hydrogen-bond acceptors (Lipinski definition) is 3. The summed E-state index contributed by atoms with van der Waals surface area (Å²) in [5.41, 5.74) is 0. The second-order valence-corrected chi connectivity index (χ2v) is 5.84. The van der Waals surface area contributed by atoms with E-state index >= 15 is 0 Å². The van der Waals surface area contributed by atoms with Crippen LogP contribution in [-0.2, 0) is 4.79 Å². The second kappa shape index (κ2) is 6.53. The van der Waals surface area contributed by atoms with Gasteiger partial charge in [-0.15, -0.1) is 0 Å². The van der Waals surface area contributed by atoms with E-state index in [4.69, 9.17) is 0 Å². The van der Waals surface area contributed by atoms with E-state index in [0.717, 1.165) is 45.3 Å². The number of carbonyl (C=O) groups is 1. The van der Waals surface area contributed by atoms with Gasteiger partial charge in [0.2, 0.25) is 5.91 Å². The number of amides is 1. The molecule has 1 aliphatic carbocycles. The maximum absolute atomic E-state index is 10.9. The normalized spacial score (nSPS) is 31.2. The highest BCUT2D eigenvalue weighted by atomic mass is 16.3. The molecule has 2 rings (SSSR count). The van der Waals surface area contributed by atoms with Gasteiger partial charge in [0.05, 0.1) is 6.10 Å². The molecule has 2 fully saturated rings. The minimum atomic E-state index is -0.120. The van der Waals surface area contributed by atoms with Gasteiger partial charge in [0, 0.05) is 19.5 Å². The molecule has 0 aromatic carbocycles. The summed E-state index contributed by atoms with van der Waals surface area (Å²) in [6.45, 7) is 4.54. The molecule has 1 saturated carbocycles. The van der Waals surface area contributed by atoms with Crippen LogP contribution in [0, 0.1) is 5.92 Å². The Kier molecular flexibility index (Phi) is 5.01. The molecule has 0 spiro atoms. The smallest absolute Gasteiger partial charge is 0.216 e. The van der Waals surface area contributed by atoms with Gasteiger partial charge in [0.1, 0.15) is 0 Å². The first kappa shape index (κ1) is 13.8. The van der Waals surface area contributed by atoms with E-state index in [-0.39, 0.29) is 12.0 Å². The quantitative estimate of drug-likeness (QED) is 0.794. The van der Waals surface area contributed by atoms with Gasteiger partial charge in [-0.1, -0.05) is 12.8 Å². The van der Waals surface area contributed by atoms with E-state index in [1.165, 1.54) is 12.8 Å². The summed E-state index contributed by atoms with van der Waals surface area (Å²) in [6, 6.07) is 0.389. The Morgan fingerprint density at radius 2 is 1.89 bits per heavy atom. The zero-order valence-electron chi connectivity index (χ0n) is 11.4. The lowest BCUT2D eigenvalue weighted by Crippen LogP contribution is -2.49. The van der Waals surface area contributed by atoms with Crippen molar-refractivity contribution in [1.82, 2.24) is 10.2 Å². The molecule has 1 heterocycles. The highest BCUT2D eigenvalue weighted by Crippen LogP contribution is 2.27. The molecule has 0 aromatic rings. The first-order valence-corrected chi connectivity index (χ1v) is 7.33. The van der Waals surface area contributed by atoms with E-state index < -0.39 is 0 Å². The fourth-order valence-electron chi connectivity index (χ4n) is 3.29. The van der Waals surface area contributed by atoms with Crippen molar-refractivity contribution in [3.63, 3.8) is 0 Å². The summed E-state index contributed by atoms with van der Waals surface area (Å²) in [5, 5.41) is 13.0. The zero-order valence-corrected chi connectivity index (χ0v) is 11.4. The largest absolute Gasteiger partial charge is 0.391 e. The van der Waals surface area contributed by atoms with Crippen LogP contribution in [0.25, 0.3) is 0 Å². The standard InChI is InChI=1S/C14H26N2O2/c1-11(17)15-10-12-6-8-16(9-7-12)13-4-2-3-5-14(13)18/h12-14,18H,2-10H2,1H3,(H,15,17). The van der Waals surface area contributed by atoms with Crippen molar-refractivity contribution in [2.45, 2.75) is 57.6 Å². The average molecular weight is 254 g/mol. The Hall–Kier alpha value is -0.610. The second-order valence-electron chi connectivity index (χ2n) is 5.84. The summed E-state index contributed by atoms with van der Waals surface area (Å²) in [5.74, 6) is 0.686. The van der Waals surface area contributed by atoms with Crippen molar-refractivity contribution in [2.75, 3.05) is 19.6 Å². The van der Waals surface area contributed by atoms with Crippen LogP contribution in [0.15, 0.2) is 0 Å². The van der Waals surface area contributed by atoms with Gasteiger partial charge >= 0.3 is 0 Å². The molecule has 1 aliphatic heterocycles. The van der Waals surface area contributed by atoms with Crippen molar-refractivity contribution in [3.05, 3.63) is 0 Å². The summed E-state index contributed by atoms with van der Waals surface area (Å²) < 4.78 is 0. The third-order valence-electron chi connectivity index (χ3n) is 4.45. The first-order valence-electron chi connectivity index (χ1n) is 7.33. The molecule has 4 heteroatoms. The Morgan fingerprint density at radius 3 is 2.50 bits per heavy atom. The number of likely N-dealkylation sites (tertiary alicyclic amines) is 1. The summed E-state index contributed by atoms with van der Waals surface area (Å²) in [6.07, 6.45) is 6.72. The molecule has 0 radical (unpaired) electrons. The SMILES string of the molecule is CC(=O)NCC1CCN(C2CCCCC2O)CC1. The van der Waals surface area contributed by atoms with Gasteiger partial charge in [0.25, 0.3) is 0 Å². The van der Waals surface area contributed by atoms with Crippen molar-refractivity contribution in [2.24, 2.45) is 5.92 Å². The van der Waals surface area contributed by atoms with Gasteiger partial charge in [-0.25, -0.2) is 0 Å². The molecule has 1 saturated heterocycles. The molecule has 2 aliphatic rings. The van der Waals surface area contributed by atoms with E-state index in [1.54, 1.807) is 6.92 Å². The van der Waals surface area contributed by atoms with Crippen LogP contribution in [0.4, 0.5) is 0 Å². The number of carbonyl (C=O) groups excluding carboxylic acids is 1. The monoisotopic (exact) mass is 254 g/mol. The average Bonchev–Trinajstić information content (AvgIpc) is 2.38. The van der Waals surface area contributed by atoms with Gasteiger partial charge < -0.3 is 10.4 Å². The number of nitrogens with one attached hydrogen (secondary N) is 1. The van der Waals surface area contributed by atoms with Crippen molar-refractivity contribution >= 4 is 5.91 Å². The third-order valence-corrected chi connectivity index (χ3v) is 4.45. The summed E-state index contributed by atoms with van der Waals surface area (Å²) >= 11 is 0. The van der Waals surface area contributed by atoms with Crippen LogP contribution in [-0.4, -0.2) is 47.7 Å². The van der Waals surface area contributed by atoms with Crippen LogP contribution in [0.3, 0.4) is 0 Å². The Balaban J connectivity index is 1.74. The van der Waals surface area contributed by atoms with Gasteiger partial charge in [-0.05, 0) is 44.7 Å². The molecular formula is C14H26N2O2. The highest BCUT2D eigenvalue weighted by molar-refractivity contribution is 5.72. The molecule has 18 heavy (non-hydrogen) atoms. The van der Waals surface area contributed by atoms with Gasteiger partial charge in [0.15, 0.2) is 0 Å². The Morgan fingerprint density at radius 1 is 1.22 bits per heavy atom. The van der Waals surface area contributed by atoms with Crippen LogP contribution in [0.5, 0.6) is 0 Å². The van der Waals surface area contributed by atoms with E-state index in [9.17, 15) is 9.90 Å². The molecule has 2 unspecified atom stereocenters. The Bertz CT molecular complexity index is 275. The Labute approximate surface area is 110 Å². The van der Waals surface area contributed by atoms with Gasteiger partial charge in [-0.2, -0.15) is 0 Å². The lowest BCUT2D eigenvalue weighted by atomic mass is 9.88. The topological polar surface area (TPSA) is 52.6 Å². The van der Waals surface area contributed by atoms with Crippen LogP contribution in [0.1, 0.15) is 45.4 Å². The van der Waals surface area contributed by atoms with Gasteiger partial charge in [-0.3, -0.25) is 9.69 Å². The van der Waals surface area contributed by atoms with E-state index in [2.05, 4.69) is 10.2 Å². The van der Waals surface area contributed by atoms with E-state index in [0.29, 0.717) is 12.0 Å². The minimum absolute atomic E-state index is 0.0696. The van der Waals surface area contributed by atoms with Crippen LogP contribution >= 0.6 is 0 Å². The number of aliphatic hydroxyl groups excluding tert-OH is 1.